The number of hydrogen-bond donors (Lipinski definition) is 2. The van der Waals surface area contributed by atoms with Crippen LogP contribution in [0.4, 0.5) is 5.69 Å². The van der Waals surface area contributed by atoms with Gasteiger partial charge in [-0.3, -0.25) is 0 Å². The molecule has 0 amide bonds. The third-order valence-electron chi connectivity index (χ3n) is 3.32. The number of anilines is 1. The summed E-state index contributed by atoms with van der Waals surface area (Å²) in [5, 5.41) is 3.35. The van der Waals surface area contributed by atoms with E-state index in [1.807, 2.05) is 36.4 Å². The average molecular weight is 267 g/mol. The first-order chi connectivity index (χ1) is 9.90. The highest BCUT2D eigenvalue weighted by Gasteiger charge is 2.23. The van der Waals surface area contributed by atoms with Crippen LogP contribution in [0.2, 0.25) is 0 Å². The zero-order valence-electron chi connectivity index (χ0n) is 10.7. The molecule has 4 rings (SSSR count). The van der Waals surface area contributed by atoms with Crippen LogP contribution < -0.4 is 10.1 Å². The fraction of sp³-hybridized carbons (Fsp3) is 0.133. The molecule has 3 aromatic rings. The molecule has 5 nitrogen and oxygen atoms in total. The van der Waals surface area contributed by atoms with E-state index in [4.69, 9.17) is 9.15 Å². The molecule has 1 unspecified atom stereocenters. The molecule has 3 heterocycles. The van der Waals surface area contributed by atoms with Gasteiger partial charge < -0.3 is 19.5 Å². The molecule has 0 aliphatic carbocycles. The van der Waals surface area contributed by atoms with Crippen LogP contribution in [0.1, 0.15) is 11.9 Å². The Hall–Kier alpha value is -2.69. The normalized spacial score (nSPS) is 17.1. The van der Waals surface area contributed by atoms with Crippen molar-refractivity contribution in [1.29, 1.82) is 0 Å². The van der Waals surface area contributed by atoms with Crippen LogP contribution in [-0.4, -0.2) is 16.5 Å². The molecule has 0 bridgehead atoms. The first kappa shape index (κ1) is 11.2. The summed E-state index contributed by atoms with van der Waals surface area (Å²) in [6.45, 7) is 0.683. The molecule has 1 aromatic carbocycles. The summed E-state index contributed by atoms with van der Waals surface area (Å²) in [4.78, 5) is 7.63. The molecule has 100 valence electrons. The van der Waals surface area contributed by atoms with Crippen LogP contribution >= 0.6 is 0 Å². The summed E-state index contributed by atoms with van der Waals surface area (Å²) in [6.07, 6.45) is 3.27. The number of fused-ring (bicyclic) bond motifs is 1. The Labute approximate surface area is 115 Å². The van der Waals surface area contributed by atoms with Crippen molar-refractivity contribution in [1.82, 2.24) is 9.97 Å². The number of furan rings is 1. The monoisotopic (exact) mass is 267 g/mol. The lowest BCUT2D eigenvalue weighted by atomic mass is 10.2. The lowest BCUT2D eigenvalue weighted by Crippen LogP contribution is -2.24. The topological polar surface area (TPSA) is 63.1 Å². The van der Waals surface area contributed by atoms with Crippen LogP contribution in [-0.2, 0) is 0 Å². The number of hydrogen-bond acceptors (Lipinski definition) is 4. The maximum Gasteiger partial charge on any atom is 0.173 e. The summed E-state index contributed by atoms with van der Waals surface area (Å²) in [5.41, 5.74) is 1.87. The Bertz CT molecular complexity index is 718. The second-order valence-corrected chi connectivity index (χ2v) is 4.64. The van der Waals surface area contributed by atoms with E-state index in [9.17, 15) is 0 Å². The van der Waals surface area contributed by atoms with E-state index >= 15 is 0 Å². The Morgan fingerprint density at radius 2 is 2.10 bits per heavy atom. The number of benzene rings is 1. The number of aromatic amines is 1. The SMILES string of the molecule is c1coc(-c2cnc(C3CNc4ccccc4O3)[nH]2)c1. The molecule has 0 radical (unpaired) electrons. The van der Waals surface area contributed by atoms with Gasteiger partial charge in [-0.05, 0) is 24.3 Å². The number of nitrogens with one attached hydrogen (secondary N) is 2. The molecule has 2 aromatic heterocycles. The molecule has 1 atom stereocenters. The minimum atomic E-state index is -0.131. The first-order valence-corrected chi connectivity index (χ1v) is 6.48. The van der Waals surface area contributed by atoms with E-state index in [1.165, 1.54) is 0 Å². The number of rotatable bonds is 2. The van der Waals surface area contributed by atoms with Crippen molar-refractivity contribution in [2.75, 3.05) is 11.9 Å². The molecule has 2 N–H and O–H groups in total. The maximum atomic E-state index is 5.96. The van der Waals surface area contributed by atoms with Crippen molar-refractivity contribution in [2.45, 2.75) is 6.10 Å². The second-order valence-electron chi connectivity index (χ2n) is 4.64. The van der Waals surface area contributed by atoms with Gasteiger partial charge in [0.1, 0.15) is 17.3 Å². The van der Waals surface area contributed by atoms with E-state index in [0.29, 0.717) is 6.54 Å². The van der Waals surface area contributed by atoms with Crippen LogP contribution in [0.5, 0.6) is 5.75 Å². The molecule has 5 heteroatoms. The maximum absolute atomic E-state index is 5.96. The first-order valence-electron chi connectivity index (χ1n) is 6.48. The van der Waals surface area contributed by atoms with Crippen molar-refractivity contribution in [2.24, 2.45) is 0 Å². The van der Waals surface area contributed by atoms with Gasteiger partial charge in [0.2, 0.25) is 0 Å². The fourth-order valence-corrected chi connectivity index (χ4v) is 2.32. The minimum absolute atomic E-state index is 0.131. The standard InChI is InChI=1S/C15H13N3O2/c1-2-5-13-10(4-1)16-9-14(20-13)15-17-8-11(18-15)12-6-3-7-19-12/h1-8,14,16H,9H2,(H,17,18). The molecule has 20 heavy (non-hydrogen) atoms. The Kier molecular flexibility index (Phi) is 2.48. The predicted octanol–water partition coefficient (Wildman–Crippen LogP) is 3.22. The van der Waals surface area contributed by atoms with Crippen LogP contribution in [0, 0.1) is 0 Å². The van der Waals surface area contributed by atoms with E-state index in [2.05, 4.69) is 15.3 Å². The molecular formula is C15H13N3O2. The van der Waals surface area contributed by atoms with Crippen molar-refractivity contribution < 1.29 is 9.15 Å². The summed E-state index contributed by atoms with van der Waals surface area (Å²) in [5.74, 6) is 2.41. The van der Waals surface area contributed by atoms with Gasteiger partial charge in [0.25, 0.3) is 0 Å². The van der Waals surface area contributed by atoms with E-state index in [0.717, 1.165) is 28.7 Å². The summed E-state index contributed by atoms with van der Waals surface area (Å²) in [7, 11) is 0. The van der Waals surface area contributed by atoms with Crippen LogP contribution in [0.25, 0.3) is 11.5 Å². The highest BCUT2D eigenvalue weighted by molar-refractivity contribution is 5.58. The highest BCUT2D eigenvalue weighted by atomic mass is 16.5. The zero-order valence-corrected chi connectivity index (χ0v) is 10.7. The summed E-state index contributed by atoms with van der Waals surface area (Å²) >= 11 is 0. The van der Waals surface area contributed by atoms with Gasteiger partial charge in [-0.25, -0.2) is 4.98 Å². The molecule has 1 aliphatic heterocycles. The van der Waals surface area contributed by atoms with Gasteiger partial charge in [-0.15, -0.1) is 0 Å². The largest absolute Gasteiger partial charge is 0.478 e. The van der Waals surface area contributed by atoms with Crippen molar-refractivity contribution in [3.63, 3.8) is 0 Å². The summed E-state index contributed by atoms with van der Waals surface area (Å²) < 4.78 is 11.3. The van der Waals surface area contributed by atoms with E-state index in [-0.39, 0.29) is 6.10 Å². The number of para-hydroxylation sites is 2. The van der Waals surface area contributed by atoms with Gasteiger partial charge >= 0.3 is 0 Å². The summed E-state index contributed by atoms with van der Waals surface area (Å²) in [6, 6.07) is 11.6. The van der Waals surface area contributed by atoms with Gasteiger partial charge in [0.05, 0.1) is 24.7 Å². The quantitative estimate of drug-likeness (QED) is 0.748. The lowest BCUT2D eigenvalue weighted by Gasteiger charge is -2.25. The number of ether oxygens (including phenoxy) is 1. The van der Waals surface area contributed by atoms with Crippen molar-refractivity contribution in [3.05, 3.63) is 54.7 Å². The number of imidazole rings is 1. The Morgan fingerprint density at radius 3 is 3.00 bits per heavy atom. The van der Waals surface area contributed by atoms with Crippen LogP contribution in [0.15, 0.2) is 53.3 Å². The molecular weight excluding hydrogens is 254 g/mol. The van der Waals surface area contributed by atoms with Crippen molar-refractivity contribution in [3.8, 4) is 17.2 Å². The minimum Gasteiger partial charge on any atom is -0.478 e. The molecule has 1 aliphatic rings. The second kappa shape index (κ2) is 4.45. The Balaban J connectivity index is 1.60. The molecule has 0 saturated heterocycles. The fourth-order valence-electron chi connectivity index (χ4n) is 2.32. The van der Waals surface area contributed by atoms with E-state index in [1.54, 1.807) is 12.5 Å². The average Bonchev–Trinajstić information content (AvgIpc) is 3.17. The Morgan fingerprint density at radius 1 is 1.15 bits per heavy atom. The van der Waals surface area contributed by atoms with Gasteiger partial charge in [0.15, 0.2) is 11.9 Å². The molecule has 0 fully saturated rings. The smallest absolute Gasteiger partial charge is 0.173 e. The number of nitrogens with zero attached hydrogens (tertiary/aromatic N) is 1. The van der Waals surface area contributed by atoms with Gasteiger partial charge in [-0.2, -0.15) is 0 Å². The van der Waals surface area contributed by atoms with Gasteiger partial charge in [0, 0.05) is 0 Å². The van der Waals surface area contributed by atoms with E-state index < -0.39 is 0 Å². The molecule has 0 saturated carbocycles. The van der Waals surface area contributed by atoms with Crippen LogP contribution in [0.3, 0.4) is 0 Å². The molecule has 0 spiro atoms. The van der Waals surface area contributed by atoms with Crippen molar-refractivity contribution >= 4 is 5.69 Å². The third-order valence-corrected chi connectivity index (χ3v) is 3.32. The number of aromatic nitrogens is 2. The predicted molar refractivity (Wildman–Crippen MR) is 74.6 cm³/mol. The lowest BCUT2D eigenvalue weighted by molar-refractivity contribution is 0.201. The number of H-pyrrole nitrogens is 1. The highest BCUT2D eigenvalue weighted by Crippen LogP contribution is 2.33. The van der Waals surface area contributed by atoms with Gasteiger partial charge in [-0.1, -0.05) is 12.1 Å². The third kappa shape index (κ3) is 1.84. The zero-order chi connectivity index (χ0) is 13.4.